The minimum Gasteiger partial charge on any atom is -0.477 e. The summed E-state index contributed by atoms with van der Waals surface area (Å²) in [7, 11) is 0. The van der Waals surface area contributed by atoms with E-state index in [9.17, 15) is 14.7 Å². The number of nitrogen functional groups attached to an aromatic ring is 1. The Hall–Kier alpha value is -2.32. The highest BCUT2D eigenvalue weighted by Crippen LogP contribution is 2.54. The van der Waals surface area contributed by atoms with Crippen molar-refractivity contribution >= 4 is 35.4 Å². The van der Waals surface area contributed by atoms with Crippen LogP contribution in [0.3, 0.4) is 0 Å². The van der Waals surface area contributed by atoms with E-state index in [1.165, 1.54) is 6.07 Å². The minimum absolute atomic E-state index is 0. The van der Waals surface area contributed by atoms with Gasteiger partial charge in [-0.3, -0.25) is 9.20 Å². The van der Waals surface area contributed by atoms with E-state index in [0.717, 1.165) is 35.6 Å². The number of fused-ring (bicyclic) bond motifs is 1. The molecule has 2 aromatic heterocycles. The predicted octanol–water partition coefficient (Wildman–Crippen LogP) is 2.25. The fourth-order valence-electron chi connectivity index (χ4n) is 4.83. The molecule has 1 unspecified atom stereocenters. The van der Waals surface area contributed by atoms with Crippen molar-refractivity contribution in [1.82, 2.24) is 4.40 Å². The Morgan fingerprint density at radius 2 is 2.00 bits per heavy atom. The van der Waals surface area contributed by atoms with Gasteiger partial charge in [0.25, 0.3) is 5.56 Å². The highest BCUT2D eigenvalue weighted by Gasteiger charge is 2.54. The van der Waals surface area contributed by atoms with Gasteiger partial charge in [-0.25, -0.2) is 9.18 Å². The van der Waals surface area contributed by atoms with Crippen LogP contribution in [0.4, 0.5) is 15.9 Å². The second kappa shape index (κ2) is 6.34. The van der Waals surface area contributed by atoms with Crippen LogP contribution >= 0.6 is 12.4 Å². The van der Waals surface area contributed by atoms with Gasteiger partial charge in [-0.15, -0.1) is 12.4 Å². The maximum absolute atomic E-state index is 15.4. The number of carbonyl (C=O) groups is 1. The highest BCUT2D eigenvalue weighted by atomic mass is 35.5. The highest BCUT2D eigenvalue weighted by molar-refractivity contribution is 5.89. The molecule has 29 heavy (non-hydrogen) atoms. The molecule has 156 valence electrons. The number of carboxylic acid groups (broad SMARTS) is 1. The van der Waals surface area contributed by atoms with E-state index in [0.29, 0.717) is 29.9 Å². The molecule has 2 aromatic rings. The molecule has 0 amide bonds. The molecule has 0 aromatic carbocycles. The normalized spacial score (nSPS) is 22.2. The molecule has 1 aliphatic heterocycles. The van der Waals surface area contributed by atoms with E-state index in [2.05, 4.69) is 0 Å². The molecule has 1 spiro atoms. The second-order valence-electron chi connectivity index (χ2n) is 8.60. The lowest BCUT2D eigenvalue weighted by Gasteiger charge is -2.25. The fourth-order valence-corrected chi connectivity index (χ4v) is 4.83. The molecule has 7 nitrogen and oxygen atoms in total. The van der Waals surface area contributed by atoms with Crippen molar-refractivity contribution < 1.29 is 14.3 Å². The van der Waals surface area contributed by atoms with Crippen LogP contribution in [0.1, 0.15) is 53.1 Å². The fraction of sp³-hybridized carbons (Fsp3) is 0.500. The van der Waals surface area contributed by atoms with Gasteiger partial charge in [0.15, 0.2) is 5.82 Å². The lowest BCUT2D eigenvalue weighted by molar-refractivity contribution is 0.0694. The number of rotatable bonds is 3. The van der Waals surface area contributed by atoms with Crippen LogP contribution in [0.5, 0.6) is 0 Å². The molecule has 5 rings (SSSR count). The molecule has 9 heteroatoms. The van der Waals surface area contributed by atoms with E-state index >= 15 is 4.39 Å². The first-order valence-electron chi connectivity index (χ1n) is 9.66. The van der Waals surface area contributed by atoms with Gasteiger partial charge in [-0.05, 0) is 50.2 Å². The molecule has 1 saturated heterocycles. The van der Waals surface area contributed by atoms with Crippen LogP contribution in [0.15, 0.2) is 10.9 Å². The Labute approximate surface area is 172 Å². The number of aryl methyl sites for hydroxylation is 1. The lowest BCUT2D eigenvalue weighted by atomic mass is 10.0. The number of nitrogens with zero attached hydrogens (tertiary/aromatic N) is 2. The SMILES string of the molecule is Cc1c(N2CC(N)C3(CC3)C2)c(F)c(N)n2c(=O)c(C(=O)O)cc(C3CC3)c12.Cl. The number of aromatic nitrogens is 1. The summed E-state index contributed by atoms with van der Waals surface area (Å²) in [4.78, 5) is 26.3. The summed E-state index contributed by atoms with van der Waals surface area (Å²) >= 11 is 0. The molecule has 0 bridgehead atoms. The molecular formula is C20H24ClFN4O3. The number of pyridine rings is 2. The number of aromatic carboxylic acids is 1. The second-order valence-corrected chi connectivity index (χ2v) is 8.60. The van der Waals surface area contributed by atoms with Crippen LogP contribution < -0.4 is 21.9 Å². The van der Waals surface area contributed by atoms with E-state index in [1.807, 2.05) is 4.90 Å². The first-order chi connectivity index (χ1) is 13.2. The van der Waals surface area contributed by atoms with E-state index in [4.69, 9.17) is 11.5 Å². The van der Waals surface area contributed by atoms with Crippen LogP contribution in [-0.2, 0) is 0 Å². The van der Waals surface area contributed by atoms with Crippen molar-refractivity contribution in [3.63, 3.8) is 0 Å². The Bertz CT molecular complexity index is 1110. The van der Waals surface area contributed by atoms with Crippen LogP contribution in [0.25, 0.3) is 5.52 Å². The van der Waals surface area contributed by atoms with Gasteiger partial charge in [0.2, 0.25) is 0 Å². The maximum atomic E-state index is 15.4. The molecule has 5 N–H and O–H groups in total. The monoisotopic (exact) mass is 422 g/mol. The van der Waals surface area contributed by atoms with Gasteiger partial charge >= 0.3 is 5.97 Å². The molecule has 0 radical (unpaired) electrons. The average molecular weight is 423 g/mol. The first kappa shape index (κ1) is 20.0. The lowest BCUT2D eigenvalue weighted by Crippen LogP contribution is -2.31. The van der Waals surface area contributed by atoms with Gasteiger partial charge in [0, 0.05) is 30.1 Å². The summed E-state index contributed by atoms with van der Waals surface area (Å²) in [6, 6.07) is 1.44. The van der Waals surface area contributed by atoms with Gasteiger partial charge < -0.3 is 21.5 Å². The van der Waals surface area contributed by atoms with Crippen molar-refractivity contribution in [2.45, 2.75) is 44.6 Å². The third-order valence-electron chi connectivity index (χ3n) is 6.78. The van der Waals surface area contributed by atoms with Crippen molar-refractivity contribution in [2.24, 2.45) is 11.1 Å². The molecule has 2 aliphatic carbocycles. The van der Waals surface area contributed by atoms with Gasteiger partial charge in [-0.1, -0.05) is 0 Å². The van der Waals surface area contributed by atoms with E-state index < -0.39 is 17.3 Å². The summed E-state index contributed by atoms with van der Waals surface area (Å²) in [6.07, 6.45) is 3.92. The van der Waals surface area contributed by atoms with Gasteiger partial charge in [-0.2, -0.15) is 0 Å². The number of hydrogen-bond acceptors (Lipinski definition) is 5. The molecule has 3 heterocycles. The Balaban J connectivity index is 0.00000205. The number of carboxylic acids is 1. The van der Waals surface area contributed by atoms with Crippen molar-refractivity contribution in [1.29, 1.82) is 0 Å². The summed E-state index contributed by atoms with van der Waals surface area (Å²) < 4.78 is 16.4. The molecular weight excluding hydrogens is 399 g/mol. The standard InChI is InChI=1S/C20H23FN4O3.ClH/c1-9-15-11(10-2-3-10)6-12(19(27)28)18(26)25(15)17(23)14(21)16(9)24-7-13(22)20(8-24)4-5-20;/h6,10,13H,2-5,7-8,22-23H2,1H3,(H,27,28);1H. The van der Waals surface area contributed by atoms with E-state index in [1.54, 1.807) is 6.92 Å². The average Bonchev–Trinajstić information content (AvgIpc) is 3.53. The van der Waals surface area contributed by atoms with Crippen molar-refractivity contribution in [3.8, 4) is 0 Å². The molecule has 3 aliphatic rings. The number of anilines is 2. The van der Waals surface area contributed by atoms with Crippen molar-refractivity contribution in [2.75, 3.05) is 23.7 Å². The quantitative estimate of drug-likeness (QED) is 0.699. The summed E-state index contributed by atoms with van der Waals surface area (Å²) in [5.74, 6) is -2.18. The number of nitrogens with two attached hydrogens (primary N) is 2. The van der Waals surface area contributed by atoms with Crippen LogP contribution in [-0.4, -0.2) is 34.6 Å². The summed E-state index contributed by atoms with van der Waals surface area (Å²) in [5.41, 5.74) is 13.6. The number of halogens is 2. The number of hydrogen-bond donors (Lipinski definition) is 3. The first-order valence-corrected chi connectivity index (χ1v) is 9.66. The predicted molar refractivity (Wildman–Crippen MR) is 111 cm³/mol. The zero-order chi connectivity index (χ0) is 20.0. The van der Waals surface area contributed by atoms with Crippen LogP contribution in [0, 0.1) is 18.2 Å². The van der Waals surface area contributed by atoms with E-state index in [-0.39, 0.29) is 41.2 Å². The smallest absolute Gasteiger partial charge is 0.341 e. The minimum atomic E-state index is -1.33. The maximum Gasteiger partial charge on any atom is 0.341 e. The zero-order valence-electron chi connectivity index (χ0n) is 16.1. The molecule has 1 atom stereocenters. The van der Waals surface area contributed by atoms with Crippen molar-refractivity contribution in [3.05, 3.63) is 38.9 Å². The largest absolute Gasteiger partial charge is 0.477 e. The summed E-state index contributed by atoms with van der Waals surface area (Å²) in [6.45, 7) is 3.00. The zero-order valence-corrected chi connectivity index (χ0v) is 16.9. The topological polar surface area (TPSA) is 114 Å². The Kier molecular flexibility index (Phi) is 4.36. The van der Waals surface area contributed by atoms with Gasteiger partial charge in [0.1, 0.15) is 11.4 Å². The van der Waals surface area contributed by atoms with Gasteiger partial charge in [0.05, 0.1) is 11.2 Å². The summed E-state index contributed by atoms with van der Waals surface area (Å²) in [5, 5.41) is 9.43. The third-order valence-corrected chi connectivity index (χ3v) is 6.78. The molecule has 3 fully saturated rings. The Morgan fingerprint density at radius 3 is 2.52 bits per heavy atom. The Morgan fingerprint density at radius 1 is 1.34 bits per heavy atom. The molecule has 2 saturated carbocycles. The third kappa shape index (κ3) is 2.73. The van der Waals surface area contributed by atoms with Crippen LogP contribution in [0.2, 0.25) is 0 Å².